The van der Waals surface area contributed by atoms with Gasteiger partial charge in [-0.1, -0.05) is 13.8 Å². The summed E-state index contributed by atoms with van der Waals surface area (Å²) in [5.74, 6) is 0.841. The molecule has 0 aromatic carbocycles. The third kappa shape index (κ3) is 2.82. The van der Waals surface area contributed by atoms with Crippen LogP contribution in [0.25, 0.3) is 0 Å². The minimum Gasteiger partial charge on any atom is -0.384 e. The molecule has 1 aliphatic rings. The van der Waals surface area contributed by atoms with E-state index in [2.05, 4.69) is 13.8 Å². The Morgan fingerprint density at radius 3 is 2.27 bits per heavy atom. The van der Waals surface area contributed by atoms with Crippen LogP contribution in [0.2, 0.25) is 0 Å². The van der Waals surface area contributed by atoms with Crippen LogP contribution in [0, 0.1) is 11.3 Å². The van der Waals surface area contributed by atoms with Crippen molar-refractivity contribution >= 4 is 0 Å². The van der Waals surface area contributed by atoms with E-state index < -0.39 is 0 Å². The number of methoxy groups -OCH3 is 1. The first-order chi connectivity index (χ1) is 5.14. The molecule has 0 aromatic rings. The van der Waals surface area contributed by atoms with Gasteiger partial charge in [0.25, 0.3) is 0 Å². The molecule has 0 radical (unpaired) electrons. The largest absolute Gasteiger partial charge is 0.384 e. The predicted molar refractivity (Wildman–Crippen MR) is 47.6 cm³/mol. The van der Waals surface area contributed by atoms with E-state index in [9.17, 15) is 0 Å². The quantitative estimate of drug-likeness (QED) is 0.597. The van der Waals surface area contributed by atoms with Gasteiger partial charge in [-0.3, -0.25) is 0 Å². The summed E-state index contributed by atoms with van der Waals surface area (Å²) in [4.78, 5) is 0. The smallest absolute Gasteiger partial charge is 0.0490 e. The van der Waals surface area contributed by atoms with E-state index >= 15 is 0 Å². The standard InChI is InChI=1S/C10H20O/c1-10(2)6-4-9(5-7-10)8-11-3/h9H,4-8H2,1-3H3. The fourth-order valence-electron chi connectivity index (χ4n) is 1.86. The predicted octanol–water partition coefficient (Wildman–Crippen LogP) is 2.85. The molecule has 0 bridgehead atoms. The average Bonchev–Trinajstić information content (AvgIpc) is 1.94. The first-order valence-electron chi connectivity index (χ1n) is 4.63. The SMILES string of the molecule is COCC1CCC(C)(C)CC1. The Balaban J connectivity index is 2.25. The first-order valence-corrected chi connectivity index (χ1v) is 4.63. The molecule has 11 heavy (non-hydrogen) atoms. The number of rotatable bonds is 2. The Hall–Kier alpha value is -0.0400. The van der Waals surface area contributed by atoms with E-state index in [0.717, 1.165) is 12.5 Å². The minimum atomic E-state index is 0.601. The fraction of sp³-hybridized carbons (Fsp3) is 1.00. The summed E-state index contributed by atoms with van der Waals surface area (Å²) in [6.45, 7) is 5.71. The maximum absolute atomic E-state index is 5.15. The summed E-state index contributed by atoms with van der Waals surface area (Å²) >= 11 is 0. The molecular weight excluding hydrogens is 136 g/mol. The molecule has 0 saturated heterocycles. The monoisotopic (exact) mass is 156 g/mol. The van der Waals surface area contributed by atoms with E-state index in [1.165, 1.54) is 25.7 Å². The second kappa shape index (κ2) is 3.57. The van der Waals surface area contributed by atoms with Crippen LogP contribution < -0.4 is 0 Å². The first kappa shape index (κ1) is 9.05. The molecule has 1 nitrogen and oxygen atoms in total. The average molecular weight is 156 g/mol. The number of ether oxygens (including phenoxy) is 1. The molecule has 1 fully saturated rings. The highest BCUT2D eigenvalue weighted by Gasteiger charge is 2.26. The van der Waals surface area contributed by atoms with Gasteiger partial charge in [0.15, 0.2) is 0 Å². The van der Waals surface area contributed by atoms with Gasteiger partial charge in [0.1, 0.15) is 0 Å². The Morgan fingerprint density at radius 2 is 1.82 bits per heavy atom. The highest BCUT2D eigenvalue weighted by Crippen LogP contribution is 2.37. The van der Waals surface area contributed by atoms with E-state index in [0.29, 0.717) is 5.41 Å². The Kier molecular flexibility index (Phi) is 2.94. The van der Waals surface area contributed by atoms with E-state index in [1.807, 2.05) is 0 Å². The van der Waals surface area contributed by atoms with Gasteiger partial charge < -0.3 is 4.74 Å². The van der Waals surface area contributed by atoms with Crippen molar-refractivity contribution in [1.29, 1.82) is 0 Å². The highest BCUT2D eigenvalue weighted by atomic mass is 16.5. The minimum absolute atomic E-state index is 0.601. The van der Waals surface area contributed by atoms with Gasteiger partial charge in [0.05, 0.1) is 0 Å². The lowest BCUT2D eigenvalue weighted by Crippen LogP contribution is -2.23. The van der Waals surface area contributed by atoms with Gasteiger partial charge in [-0.25, -0.2) is 0 Å². The maximum atomic E-state index is 5.15. The lowest BCUT2D eigenvalue weighted by atomic mass is 9.73. The van der Waals surface area contributed by atoms with Gasteiger partial charge >= 0.3 is 0 Å². The van der Waals surface area contributed by atoms with Crippen LogP contribution in [-0.2, 0) is 4.74 Å². The highest BCUT2D eigenvalue weighted by molar-refractivity contribution is 4.77. The van der Waals surface area contributed by atoms with E-state index in [-0.39, 0.29) is 0 Å². The molecule has 1 aliphatic carbocycles. The lowest BCUT2D eigenvalue weighted by molar-refractivity contribution is 0.0984. The summed E-state index contributed by atoms with van der Waals surface area (Å²) in [5.41, 5.74) is 0.601. The summed E-state index contributed by atoms with van der Waals surface area (Å²) in [5, 5.41) is 0. The van der Waals surface area contributed by atoms with Crippen LogP contribution in [0.1, 0.15) is 39.5 Å². The molecule has 1 rings (SSSR count). The van der Waals surface area contributed by atoms with Gasteiger partial charge in [0.2, 0.25) is 0 Å². The Morgan fingerprint density at radius 1 is 1.27 bits per heavy atom. The molecule has 0 amide bonds. The van der Waals surface area contributed by atoms with Crippen LogP contribution in [0.4, 0.5) is 0 Å². The zero-order valence-corrected chi connectivity index (χ0v) is 8.02. The summed E-state index contributed by atoms with van der Waals surface area (Å²) in [7, 11) is 1.81. The third-order valence-corrected chi connectivity index (χ3v) is 2.86. The molecule has 0 heterocycles. The summed E-state index contributed by atoms with van der Waals surface area (Å²) in [6.07, 6.45) is 5.48. The normalized spacial score (nSPS) is 25.4. The lowest BCUT2D eigenvalue weighted by Gasteiger charge is -2.33. The maximum Gasteiger partial charge on any atom is 0.0490 e. The molecule has 0 atom stereocenters. The summed E-state index contributed by atoms with van der Waals surface area (Å²) < 4.78 is 5.15. The van der Waals surface area contributed by atoms with Gasteiger partial charge in [-0.15, -0.1) is 0 Å². The van der Waals surface area contributed by atoms with Crippen LogP contribution in [0.5, 0.6) is 0 Å². The van der Waals surface area contributed by atoms with Crippen molar-refractivity contribution < 1.29 is 4.74 Å². The van der Waals surface area contributed by atoms with Crippen LogP contribution in [0.3, 0.4) is 0 Å². The van der Waals surface area contributed by atoms with Crippen molar-refractivity contribution in [3.8, 4) is 0 Å². The summed E-state index contributed by atoms with van der Waals surface area (Å²) in [6, 6.07) is 0. The molecule has 66 valence electrons. The van der Waals surface area contributed by atoms with Crippen molar-refractivity contribution in [2.75, 3.05) is 13.7 Å². The van der Waals surface area contributed by atoms with Gasteiger partial charge in [0, 0.05) is 13.7 Å². The van der Waals surface area contributed by atoms with Gasteiger partial charge in [-0.2, -0.15) is 0 Å². The molecule has 0 unspecified atom stereocenters. The van der Waals surface area contributed by atoms with Crippen molar-refractivity contribution in [1.82, 2.24) is 0 Å². The van der Waals surface area contributed by atoms with E-state index in [1.54, 1.807) is 7.11 Å². The fourth-order valence-corrected chi connectivity index (χ4v) is 1.86. The zero-order chi connectivity index (χ0) is 8.32. The molecule has 1 heteroatoms. The van der Waals surface area contributed by atoms with Crippen LogP contribution in [-0.4, -0.2) is 13.7 Å². The molecular formula is C10H20O. The van der Waals surface area contributed by atoms with Crippen molar-refractivity contribution in [2.24, 2.45) is 11.3 Å². The third-order valence-electron chi connectivity index (χ3n) is 2.86. The molecule has 0 spiro atoms. The molecule has 0 N–H and O–H groups in total. The molecule has 1 saturated carbocycles. The van der Waals surface area contributed by atoms with Gasteiger partial charge in [-0.05, 0) is 37.0 Å². The van der Waals surface area contributed by atoms with Crippen molar-refractivity contribution in [3.05, 3.63) is 0 Å². The van der Waals surface area contributed by atoms with Crippen LogP contribution in [0.15, 0.2) is 0 Å². The second-order valence-corrected chi connectivity index (χ2v) is 4.56. The molecule has 0 aromatic heterocycles. The van der Waals surface area contributed by atoms with Crippen LogP contribution >= 0.6 is 0 Å². The second-order valence-electron chi connectivity index (χ2n) is 4.56. The zero-order valence-electron chi connectivity index (χ0n) is 8.02. The Labute approximate surface area is 70.1 Å². The van der Waals surface area contributed by atoms with Crippen molar-refractivity contribution in [2.45, 2.75) is 39.5 Å². The number of hydrogen-bond donors (Lipinski definition) is 0. The molecule has 0 aliphatic heterocycles. The van der Waals surface area contributed by atoms with Crippen molar-refractivity contribution in [3.63, 3.8) is 0 Å². The van der Waals surface area contributed by atoms with E-state index in [4.69, 9.17) is 4.74 Å². The Bertz CT molecular complexity index is 108. The number of hydrogen-bond acceptors (Lipinski definition) is 1. The topological polar surface area (TPSA) is 9.23 Å².